The van der Waals surface area contributed by atoms with Gasteiger partial charge in [-0.05, 0) is 43.9 Å². The molecule has 1 aliphatic rings. The predicted octanol–water partition coefficient (Wildman–Crippen LogP) is 5.24. The van der Waals surface area contributed by atoms with Gasteiger partial charge in [-0.3, -0.25) is 14.2 Å². The van der Waals surface area contributed by atoms with Gasteiger partial charge in [-0.1, -0.05) is 42.1 Å². The summed E-state index contributed by atoms with van der Waals surface area (Å²) >= 11 is 2.89. The van der Waals surface area contributed by atoms with E-state index in [0.29, 0.717) is 23.0 Å². The molecule has 5 rings (SSSR count). The van der Waals surface area contributed by atoms with Gasteiger partial charge in [-0.2, -0.15) is 0 Å². The topological polar surface area (TPSA) is 65.1 Å². The first-order chi connectivity index (χ1) is 14.5. The Balaban J connectivity index is 1.49. The molecule has 0 bridgehead atoms. The first-order valence-electron chi connectivity index (χ1n) is 9.85. The molecule has 5 nitrogen and oxygen atoms in total. The molecule has 3 aromatic heterocycles. The van der Waals surface area contributed by atoms with Crippen molar-refractivity contribution >= 4 is 50.1 Å². The third kappa shape index (κ3) is 3.32. The van der Waals surface area contributed by atoms with Crippen molar-refractivity contribution in [2.24, 2.45) is 0 Å². The number of ketones is 1. The number of rotatable bonds is 6. The highest BCUT2D eigenvalue weighted by molar-refractivity contribution is 7.99. The van der Waals surface area contributed by atoms with E-state index in [-0.39, 0.29) is 17.1 Å². The lowest BCUT2D eigenvalue weighted by atomic mass is 10.2. The van der Waals surface area contributed by atoms with E-state index in [0.717, 1.165) is 46.0 Å². The predicted molar refractivity (Wildman–Crippen MR) is 122 cm³/mol. The average molecular weight is 437 g/mol. The summed E-state index contributed by atoms with van der Waals surface area (Å²) in [5.41, 5.74) is 2.70. The number of nitrogens with zero attached hydrogens (tertiary/aromatic N) is 2. The summed E-state index contributed by atoms with van der Waals surface area (Å²) in [6.45, 7) is 6.25. The second-order valence-corrected chi connectivity index (χ2v) is 9.67. The van der Waals surface area contributed by atoms with E-state index in [2.05, 4.69) is 6.58 Å². The minimum absolute atomic E-state index is 0.0268. The molecular formula is C23H20N2O3S2. The zero-order valence-corrected chi connectivity index (χ0v) is 18.2. The number of hydrogen-bond acceptors (Lipinski definition) is 6. The Morgan fingerprint density at radius 2 is 2.17 bits per heavy atom. The molecule has 3 heterocycles. The van der Waals surface area contributed by atoms with Crippen LogP contribution in [0.5, 0.6) is 0 Å². The Morgan fingerprint density at radius 3 is 2.97 bits per heavy atom. The number of aryl methyl sites for hydroxylation is 2. The monoisotopic (exact) mass is 436 g/mol. The fraction of sp³-hybridized carbons (Fsp3) is 0.261. The minimum atomic E-state index is -0.124. The van der Waals surface area contributed by atoms with E-state index >= 15 is 0 Å². The maximum absolute atomic E-state index is 13.3. The minimum Gasteiger partial charge on any atom is -0.453 e. The van der Waals surface area contributed by atoms with Gasteiger partial charge in [0.05, 0.1) is 11.1 Å². The van der Waals surface area contributed by atoms with Gasteiger partial charge in [0.1, 0.15) is 10.4 Å². The molecule has 0 unspecified atom stereocenters. The van der Waals surface area contributed by atoms with Crippen molar-refractivity contribution in [3.8, 4) is 0 Å². The molecule has 1 aromatic carbocycles. The van der Waals surface area contributed by atoms with E-state index in [1.807, 2.05) is 31.2 Å². The third-order valence-corrected chi connectivity index (χ3v) is 7.41. The number of carbonyl (C=O) groups is 1. The first-order valence-corrected chi connectivity index (χ1v) is 11.7. The van der Waals surface area contributed by atoms with Crippen molar-refractivity contribution in [1.82, 2.24) is 9.55 Å². The molecule has 0 amide bonds. The van der Waals surface area contributed by atoms with Crippen LogP contribution in [0.2, 0.25) is 0 Å². The van der Waals surface area contributed by atoms with E-state index < -0.39 is 0 Å². The van der Waals surface area contributed by atoms with Crippen LogP contribution in [0.15, 0.2) is 56.9 Å². The van der Waals surface area contributed by atoms with E-state index in [1.54, 1.807) is 22.0 Å². The summed E-state index contributed by atoms with van der Waals surface area (Å²) in [5, 5.41) is 2.21. The molecule has 0 atom stereocenters. The quantitative estimate of drug-likeness (QED) is 0.179. The zero-order chi connectivity index (χ0) is 20.8. The van der Waals surface area contributed by atoms with Crippen LogP contribution in [0.1, 0.15) is 34.3 Å². The largest absolute Gasteiger partial charge is 0.453 e. The Hall–Kier alpha value is -2.64. The lowest BCUT2D eigenvalue weighted by Gasteiger charge is -2.12. The number of fused-ring (bicyclic) bond motifs is 4. The lowest BCUT2D eigenvalue weighted by molar-refractivity contribution is 0.0994. The Kier molecular flexibility index (Phi) is 4.87. The fourth-order valence-electron chi connectivity index (χ4n) is 3.90. The number of benzene rings is 1. The molecule has 152 valence electrons. The Labute approximate surface area is 181 Å². The molecule has 0 saturated carbocycles. The molecule has 7 heteroatoms. The first kappa shape index (κ1) is 19.3. The number of Topliss-reactive ketones (excluding diaryl/α,β-unsaturated/α-hetero) is 1. The van der Waals surface area contributed by atoms with Crippen LogP contribution in [0.25, 0.3) is 21.2 Å². The second-order valence-electron chi connectivity index (χ2n) is 7.64. The van der Waals surface area contributed by atoms with Gasteiger partial charge < -0.3 is 4.42 Å². The molecule has 0 radical (unpaired) electrons. The van der Waals surface area contributed by atoms with Crippen LogP contribution in [0.3, 0.4) is 0 Å². The van der Waals surface area contributed by atoms with E-state index in [1.165, 1.54) is 16.6 Å². The third-order valence-electron chi connectivity index (χ3n) is 5.25. The SMILES string of the molecule is C=C(C)Cn1c(SCC(=O)c2cc3ccccc3o2)nc2sc3c(c2c1=O)CCC3. The molecule has 0 saturated heterocycles. The number of aromatic nitrogens is 2. The summed E-state index contributed by atoms with van der Waals surface area (Å²) in [7, 11) is 0. The fourth-order valence-corrected chi connectivity index (χ4v) is 6.07. The summed E-state index contributed by atoms with van der Waals surface area (Å²) in [5.74, 6) is 0.355. The van der Waals surface area contributed by atoms with Gasteiger partial charge in [-0.15, -0.1) is 11.3 Å². The van der Waals surface area contributed by atoms with Crippen LogP contribution in [-0.2, 0) is 19.4 Å². The number of para-hydroxylation sites is 1. The van der Waals surface area contributed by atoms with Gasteiger partial charge in [-0.25, -0.2) is 4.98 Å². The zero-order valence-electron chi connectivity index (χ0n) is 16.6. The standard InChI is InChI=1S/C23H20N2O3S2/c1-13(2)11-25-22(27)20-15-7-5-9-19(15)30-21(20)24-23(25)29-12-16(26)18-10-14-6-3-4-8-17(14)28-18/h3-4,6,8,10H,1,5,7,9,11-12H2,2H3. The molecular weight excluding hydrogens is 416 g/mol. The van der Waals surface area contributed by atoms with Gasteiger partial charge in [0, 0.05) is 16.8 Å². The van der Waals surface area contributed by atoms with Crippen molar-refractivity contribution in [3.05, 3.63) is 69.0 Å². The lowest BCUT2D eigenvalue weighted by Crippen LogP contribution is -2.24. The van der Waals surface area contributed by atoms with E-state index in [4.69, 9.17) is 9.40 Å². The van der Waals surface area contributed by atoms with Crippen LogP contribution in [-0.4, -0.2) is 21.1 Å². The van der Waals surface area contributed by atoms with Gasteiger partial charge in [0.25, 0.3) is 5.56 Å². The summed E-state index contributed by atoms with van der Waals surface area (Å²) < 4.78 is 7.34. The van der Waals surface area contributed by atoms with Crippen molar-refractivity contribution in [3.63, 3.8) is 0 Å². The van der Waals surface area contributed by atoms with Crippen LogP contribution >= 0.6 is 23.1 Å². The highest BCUT2D eigenvalue weighted by Gasteiger charge is 2.24. The number of carbonyl (C=O) groups excluding carboxylic acids is 1. The normalized spacial score (nSPS) is 13.2. The number of thiophene rings is 1. The number of furan rings is 1. The Bertz CT molecular complexity index is 1340. The Morgan fingerprint density at radius 1 is 1.33 bits per heavy atom. The van der Waals surface area contributed by atoms with Crippen molar-refractivity contribution < 1.29 is 9.21 Å². The highest BCUT2D eigenvalue weighted by atomic mass is 32.2. The van der Waals surface area contributed by atoms with Crippen LogP contribution in [0.4, 0.5) is 0 Å². The molecule has 0 spiro atoms. The van der Waals surface area contributed by atoms with Crippen molar-refractivity contribution in [2.75, 3.05) is 5.75 Å². The maximum Gasteiger partial charge on any atom is 0.263 e. The second kappa shape index (κ2) is 7.56. The van der Waals surface area contributed by atoms with Crippen molar-refractivity contribution in [2.45, 2.75) is 37.9 Å². The molecule has 0 N–H and O–H groups in total. The van der Waals surface area contributed by atoms with Gasteiger partial charge >= 0.3 is 0 Å². The molecule has 0 aliphatic heterocycles. The molecule has 30 heavy (non-hydrogen) atoms. The summed E-state index contributed by atoms with van der Waals surface area (Å²) in [6.07, 6.45) is 3.05. The average Bonchev–Trinajstić information content (AvgIpc) is 3.41. The van der Waals surface area contributed by atoms with Gasteiger partial charge in [0.2, 0.25) is 5.78 Å². The smallest absolute Gasteiger partial charge is 0.263 e. The summed E-state index contributed by atoms with van der Waals surface area (Å²) in [4.78, 5) is 32.9. The summed E-state index contributed by atoms with van der Waals surface area (Å²) in [6, 6.07) is 9.31. The van der Waals surface area contributed by atoms with Crippen LogP contribution in [0, 0.1) is 0 Å². The highest BCUT2D eigenvalue weighted by Crippen LogP contribution is 2.35. The van der Waals surface area contributed by atoms with Gasteiger partial charge in [0.15, 0.2) is 10.9 Å². The van der Waals surface area contributed by atoms with Crippen molar-refractivity contribution in [1.29, 1.82) is 0 Å². The number of hydrogen-bond donors (Lipinski definition) is 0. The molecule has 1 aliphatic carbocycles. The number of thioether (sulfide) groups is 1. The van der Waals surface area contributed by atoms with Crippen LogP contribution < -0.4 is 5.56 Å². The van der Waals surface area contributed by atoms with E-state index in [9.17, 15) is 9.59 Å². The molecule has 0 fully saturated rings. The number of allylic oxidation sites excluding steroid dienone is 1. The maximum atomic E-state index is 13.3. The molecule has 4 aromatic rings.